The van der Waals surface area contributed by atoms with Gasteiger partial charge in [-0.2, -0.15) is 0 Å². The lowest BCUT2D eigenvalue weighted by Gasteiger charge is -2.21. The Morgan fingerprint density at radius 3 is 2.67 bits per heavy atom. The molecule has 1 amide bonds. The topological polar surface area (TPSA) is 61.7 Å². The Labute approximate surface area is 71.6 Å². The molecule has 0 saturated heterocycles. The fraction of sp³-hybridized carbons (Fsp3) is 0.750. The summed E-state index contributed by atoms with van der Waals surface area (Å²) in [5.74, 6) is -0.301. The van der Waals surface area contributed by atoms with Gasteiger partial charge in [-0.05, 0) is 12.8 Å². The number of hydrogen-bond acceptors (Lipinski definition) is 3. The molecule has 1 aliphatic carbocycles. The van der Waals surface area contributed by atoms with Crippen LogP contribution in [0.4, 0.5) is 0 Å². The normalized spacial score (nSPS) is 19.7. The van der Waals surface area contributed by atoms with Crippen molar-refractivity contribution in [1.82, 2.24) is 5.32 Å². The summed E-state index contributed by atoms with van der Waals surface area (Å²) in [7, 11) is 0. The minimum Gasteiger partial charge on any atom is -0.411 e. The summed E-state index contributed by atoms with van der Waals surface area (Å²) >= 11 is 0. The average Bonchev–Trinajstić information content (AvgIpc) is 2.06. The maximum atomic E-state index is 10.9. The Kier molecular flexibility index (Phi) is 3.57. The zero-order valence-electron chi connectivity index (χ0n) is 6.99. The molecule has 0 unspecified atom stereocenters. The van der Waals surface area contributed by atoms with Gasteiger partial charge in [0.05, 0.1) is 0 Å². The predicted molar refractivity (Wildman–Crippen MR) is 45.3 cm³/mol. The first-order valence-corrected chi connectivity index (χ1v) is 4.31. The minimum absolute atomic E-state index is 0.282. The van der Waals surface area contributed by atoms with Crippen molar-refractivity contribution >= 4 is 12.1 Å². The van der Waals surface area contributed by atoms with Gasteiger partial charge >= 0.3 is 0 Å². The van der Waals surface area contributed by atoms with Crippen LogP contribution in [0.25, 0.3) is 0 Å². The number of amides is 1. The van der Waals surface area contributed by atoms with Crippen LogP contribution >= 0.6 is 0 Å². The number of hydrogen-bond donors (Lipinski definition) is 2. The summed E-state index contributed by atoms with van der Waals surface area (Å²) < 4.78 is 0. The Hall–Kier alpha value is -1.06. The first kappa shape index (κ1) is 9.03. The first-order chi connectivity index (χ1) is 5.83. The summed E-state index contributed by atoms with van der Waals surface area (Å²) in [4.78, 5) is 10.9. The van der Waals surface area contributed by atoms with E-state index in [1.54, 1.807) is 0 Å². The van der Waals surface area contributed by atoms with Crippen molar-refractivity contribution in [2.24, 2.45) is 5.16 Å². The van der Waals surface area contributed by atoms with Crippen molar-refractivity contribution < 1.29 is 10.0 Å². The Balaban J connectivity index is 2.24. The van der Waals surface area contributed by atoms with E-state index in [1.807, 2.05) is 0 Å². The van der Waals surface area contributed by atoms with Crippen LogP contribution < -0.4 is 5.32 Å². The smallest absolute Gasteiger partial charge is 0.266 e. The fourth-order valence-electron chi connectivity index (χ4n) is 1.54. The second-order valence-electron chi connectivity index (χ2n) is 3.09. The van der Waals surface area contributed by atoms with Gasteiger partial charge in [-0.3, -0.25) is 4.79 Å². The van der Waals surface area contributed by atoms with E-state index in [0.717, 1.165) is 19.1 Å². The lowest BCUT2D eigenvalue weighted by molar-refractivity contribution is -0.115. The SMILES string of the molecule is O=C(/C=N\O)NC1CCCCC1. The van der Waals surface area contributed by atoms with Crippen molar-refractivity contribution in [2.75, 3.05) is 0 Å². The van der Waals surface area contributed by atoms with E-state index in [-0.39, 0.29) is 11.9 Å². The molecular weight excluding hydrogens is 156 g/mol. The summed E-state index contributed by atoms with van der Waals surface area (Å²) in [5, 5.41) is 13.5. The van der Waals surface area contributed by atoms with Gasteiger partial charge in [0.25, 0.3) is 5.91 Å². The number of nitrogens with one attached hydrogen (secondary N) is 1. The van der Waals surface area contributed by atoms with Crippen molar-refractivity contribution in [3.8, 4) is 0 Å². The van der Waals surface area contributed by atoms with Crippen molar-refractivity contribution in [1.29, 1.82) is 0 Å². The molecule has 0 radical (unpaired) electrons. The molecule has 0 atom stereocenters. The molecule has 2 N–H and O–H groups in total. The summed E-state index contributed by atoms with van der Waals surface area (Å²) in [6, 6.07) is 0.282. The van der Waals surface area contributed by atoms with Crippen LogP contribution in [-0.4, -0.2) is 23.4 Å². The van der Waals surface area contributed by atoms with Gasteiger partial charge in [0.2, 0.25) is 0 Å². The summed E-state index contributed by atoms with van der Waals surface area (Å²) in [6.45, 7) is 0. The molecule has 1 saturated carbocycles. The third-order valence-corrected chi connectivity index (χ3v) is 2.13. The number of carbonyl (C=O) groups is 1. The molecule has 4 nitrogen and oxygen atoms in total. The van der Waals surface area contributed by atoms with Gasteiger partial charge < -0.3 is 10.5 Å². The molecular formula is C8H14N2O2. The van der Waals surface area contributed by atoms with E-state index in [9.17, 15) is 4.79 Å². The maximum Gasteiger partial charge on any atom is 0.266 e. The Morgan fingerprint density at radius 2 is 2.08 bits per heavy atom. The maximum absolute atomic E-state index is 10.9. The van der Waals surface area contributed by atoms with Crippen LogP contribution in [0.1, 0.15) is 32.1 Å². The molecule has 0 aromatic heterocycles. The average molecular weight is 170 g/mol. The number of carbonyl (C=O) groups excluding carboxylic acids is 1. The molecule has 1 fully saturated rings. The van der Waals surface area contributed by atoms with E-state index >= 15 is 0 Å². The van der Waals surface area contributed by atoms with E-state index in [2.05, 4.69) is 10.5 Å². The Morgan fingerprint density at radius 1 is 1.42 bits per heavy atom. The van der Waals surface area contributed by atoms with Crippen LogP contribution in [0.2, 0.25) is 0 Å². The van der Waals surface area contributed by atoms with E-state index in [4.69, 9.17) is 5.21 Å². The van der Waals surface area contributed by atoms with Gasteiger partial charge in [-0.25, -0.2) is 0 Å². The molecule has 1 aliphatic rings. The molecule has 0 bridgehead atoms. The molecule has 68 valence electrons. The van der Waals surface area contributed by atoms with Crippen LogP contribution in [0, 0.1) is 0 Å². The van der Waals surface area contributed by atoms with Crippen LogP contribution in [0.15, 0.2) is 5.16 Å². The van der Waals surface area contributed by atoms with Crippen LogP contribution in [0.5, 0.6) is 0 Å². The van der Waals surface area contributed by atoms with Gasteiger partial charge in [-0.15, -0.1) is 0 Å². The number of nitrogens with zero attached hydrogens (tertiary/aromatic N) is 1. The monoisotopic (exact) mass is 170 g/mol. The summed E-state index contributed by atoms with van der Waals surface area (Å²) in [5.41, 5.74) is 0. The first-order valence-electron chi connectivity index (χ1n) is 4.31. The highest BCUT2D eigenvalue weighted by molar-refractivity contribution is 6.26. The molecule has 0 spiro atoms. The highest BCUT2D eigenvalue weighted by Crippen LogP contribution is 2.16. The number of rotatable bonds is 2. The lowest BCUT2D eigenvalue weighted by Crippen LogP contribution is -2.36. The van der Waals surface area contributed by atoms with Crippen LogP contribution in [-0.2, 0) is 4.79 Å². The van der Waals surface area contributed by atoms with Crippen molar-refractivity contribution in [3.05, 3.63) is 0 Å². The zero-order valence-corrected chi connectivity index (χ0v) is 6.99. The lowest BCUT2D eigenvalue weighted by atomic mass is 9.95. The molecule has 0 aliphatic heterocycles. The number of oxime groups is 1. The quantitative estimate of drug-likeness (QED) is 0.367. The molecule has 12 heavy (non-hydrogen) atoms. The highest BCUT2D eigenvalue weighted by atomic mass is 16.4. The van der Waals surface area contributed by atoms with Gasteiger partial charge in [0.15, 0.2) is 0 Å². The van der Waals surface area contributed by atoms with Gasteiger partial charge in [0, 0.05) is 6.04 Å². The minimum atomic E-state index is -0.301. The second-order valence-corrected chi connectivity index (χ2v) is 3.09. The molecule has 1 rings (SSSR count). The fourth-order valence-corrected chi connectivity index (χ4v) is 1.54. The summed E-state index contributed by atoms with van der Waals surface area (Å²) in [6.07, 6.45) is 6.62. The molecule has 4 heteroatoms. The molecule has 0 heterocycles. The van der Waals surface area contributed by atoms with Crippen LogP contribution in [0.3, 0.4) is 0 Å². The van der Waals surface area contributed by atoms with Crippen molar-refractivity contribution in [3.63, 3.8) is 0 Å². The third kappa shape index (κ3) is 2.90. The third-order valence-electron chi connectivity index (χ3n) is 2.13. The Bertz CT molecular complexity index is 174. The second kappa shape index (κ2) is 4.74. The van der Waals surface area contributed by atoms with Gasteiger partial charge in [-0.1, -0.05) is 24.4 Å². The standard InChI is InChI=1S/C8H14N2O2/c11-8(6-9-12)10-7-4-2-1-3-5-7/h6-7,12H,1-5H2,(H,10,11)/b9-6-. The predicted octanol–water partition coefficient (Wildman–Crippen LogP) is 0.895. The largest absolute Gasteiger partial charge is 0.411 e. The zero-order chi connectivity index (χ0) is 8.81. The van der Waals surface area contributed by atoms with E-state index in [1.165, 1.54) is 19.3 Å². The van der Waals surface area contributed by atoms with Crippen molar-refractivity contribution in [2.45, 2.75) is 38.1 Å². The highest BCUT2D eigenvalue weighted by Gasteiger charge is 2.14. The van der Waals surface area contributed by atoms with E-state index in [0.29, 0.717) is 0 Å². The van der Waals surface area contributed by atoms with E-state index < -0.39 is 0 Å². The molecule has 0 aromatic carbocycles. The van der Waals surface area contributed by atoms with Gasteiger partial charge in [0.1, 0.15) is 6.21 Å². The molecule has 0 aromatic rings.